The molecule has 5 nitrogen and oxygen atoms in total. The molecule has 0 radical (unpaired) electrons. The normalized spacial score (nSPS) is 10.5. The van der Waals surface area contributed by atoms with Gasteiger partial charge in [0.25, 0.3) is 5.91 Å². The quantitative estimate of drug-likeness (QED) is 0.333. The fourth-order valence-corrected chi connectivity index (χ4v) is 3.28. The van der Waals surface area contributed by atoms with E-state index in [0.717, 1.165) is 9.86 Å². The summed E-state index contributed by atoms with van der Waals surface area (Å²) in [6.45, 7) is 0. The molecule has 6 heteroatoms. The van der Waals surface area contributed by atoms with Gasteiger partial charge in [-0.1, -0.05) is 58.4 Å². The molecule has 0 bridgehead atoms. The predicted octanol–water partition coefficient (Wildman–Crippen LogP) is 5.47. The Morgan fingerprint density at radius 3 is 2.41 bits per heavy atom. The highest BCUT2D eigenvalue weighted by atomic mass is 79.9. The maximum Gasteiger partial charge on any atom is 0.343 e. The van der Waals surface area contributed by atoms with Crippen LogP contribution in [0.3, 0.4) is 0 Å². The first-order valence-corrected chi connectivity index (χ1v) is 9.63. The van der Waals surface area contributed by atoms with E-state index in [0.29, 0.717) is 22.4 Å². The largest absolute Gasteiger partial charge is 0.422 e. The van der Waals surface area contributed by atoms with Crippen LogP contribution in [0.15, 0.2) is 89.5 Å². The van der Waals surface area contributed by atoms with Gasteiger partial charge in [0.1, 0.15) is 11.4 Å². The van der Waals surface area contributed by atoms with Crippen LogP contribution in [0, 0.1) is 0 Å². The Hall–Kier alpha value is -3.51. The number of hydrogen-bond acceptors (Lipinski definition) is 4. The van der Waals surface area contributed by atoms with E-state index in [1.807, 2.05) is 24.3 Å². The third-order valence-corrected chi connectivity index (χ3v) is 4.77. The van der Waals surface area contributed by atoms with Gasteiger partial charge in [0.15, 0.2) is 0 Å². The molecule has 4 aromatic rings. The summed E-state index contributed by atoms with van der Waals surface area (Å²) >= 11 is 3.34. The standard InChI is InChI=1S/C23H15BrN2O3/c24-17-12-13-25-19(14-17)22(27)26-18-10-4-8-15-9-5-11-20(21(15)18)29-23(28)16-6-2-1-3-7-16/h1-14H,(H,26,27). The highest BCUT2D eigenvalue weighted by Gasteiger charge is 2.15. The van der Waals surface area contributed by atoms with Gasteiger partial charge in [-0.05, 0) is 41.8 Å². The van der Waals surface area contributed by atoms with Crippen LogP contribution in [0.25, 0.3) is 10.8 Å². The molecule has 29 heavy (non-hydrogen) atoms. The fraction of sp³-hybridized carbons (Fsp3) is 0. The van der Waals surface area contributed by atoms with Gasteiger partial charge in [-0.15, -0.1) is 0 Å². The average Bonchev–Trinajstić information content (AvgIpc) is 2.74. The lowest BCUT2D eigenvalue weighted by molar-refractivity contribution is 0.0737. The van der Waals surface area contributed by atoms with Crippen LogP contribution in [-0.2, 0) is 0 Å². The molecular weight excluding hydrogens is 432 g/mol. The van der Waals surface area contributed by atoms with E-state index in [1.54, 1.807) is 60.8 Å². The van der Waals surface area contributed by atoms with Crippen LogP contribution in [0.5, 0.6) is 5.75 Å². The minimum atomic E-state index is -0.465. The highest BCUT2D eigenvalue weighted by molar-refractivity contribution is 9.10. The summed E-state index contributed by atoms with van der Waals surface area (Å²) in [6, 6.07) is 23.0. The lowest BCUT2D eigenvalue weighted by Crippen LogP contribution is -2.14. The van der Waals surface area contributed by atoms with E-state index in [1.165, 1.54) is 0 Å². The lowest BCUT2D eigenvalue weighted by Gasteiger charge is -2.13. The van der Waals surface area contributed by atoms with Crippen molar-refractivity contribution >= 4 is 44.3 Å². The third-order valence-electron chi connectivity index (χ3n) is 4.28. The van der Waals surface area contributed by atoms with E-state index in [2.05, 4.69) is 26.2 Å². The third kappa shape index (κ3) is 4.17. The molecule has 4 rings (SSSR count). The van der Waals surface area contributed by atoms with Crippen molar-refractivity contribution in [2.45, 2.75) is 0 Å². The molecule has 1 heterocycles. The lowest BCUT2D eigenvalue weighted by atomic mass is 10.1. The van der Waals surface area contributed by atoms with Gasteiger partial charge >= 0.3 is 5.97 Å². The zero-order valence-corrected chi connectivity index (χ0v) is 16.7. The number of aromatic nitrogens is 1. The number of amides is 1. The molecule has 0 aliphatic carbocycles. The Labute approximate surface area is 175 Å². The monoisotopic (exact) mass is 446 g/mol. The molecule has 0 saturated heterocycles. The summed E-state index contributed by atoms with van der Waals surface area (Å²) in [7, 11) is 0. The first-order chi connectivity index (χ1) is 14.1. The number of esters is 1. The molecule has 0 aliphatic heterocycles. The summed E-state index contributed by atoms with van der Waals surface area (Å²) in [6.07, 6.45) is 1.55. The second-order valence-corrected chi connectivity index (χ2v) is 7.14. The second-order valence-electron chi connectivity index (χ2n) is 6.23. The van der Waals surface area contributed by atoms with Crippen molar-refractivity contribution in [3.8, 4) is 5.75 Å². The topological polar surface area (TPSA) is 68.3 Å². The molecule has 0 aliphatic rings. The highest BCUT2D eigenvalue weighted by Crippen LogP contribution is 2.33. The van der Waals surface area contributed by atoms with Crippen LogP contribution in [0.1, 0.15) is 20.8 Å². The Kier molecular flexibility index (Phi) is 5.35. The number of carbonyl (C=O) groups excluding carboxylic acids is 2. The van der Waals surface area contributed by atoms with Crippen LogP contribution < -0.4 is 10.1 Å². The van der Waals surface area contributed by atoms with Gasteiger partial charge in [-0.3, -0.25) is 9.78 Å². The number of hydrogen-bond donors (Lipinski definition) is 1. The number of nitrogens with zero attached hydrogens (tertiary/aromatic N) is 1. The number of halogens is 1. The number of benzene rings is 3. The Morgan fingerprint density at radius 2 is 1.66 bits per heavy atom. The number of nitrogens with one attached hydrogen (secondary N) is 1. The predicted molar refractivity (Wildman–Crippen MR) is 115 cm³/mol. The van der Waals surface area contributed by atoms with Crippen LogP contribution in [0.4, 0.5) is 5.69 Å². The zero-order valence-electron chi connectivity index (χ0n) is 15.1. The number of rotatable bonds is 4. The van der Waals surface area contributed by atoms with Crippen molar-refractivity contribution in [1.29, 1.82) is 0 Å². The molecular formula is C23H15BrN2O3. The second kappa shape index (κ2) is 8.24. The molecule has 3 aromatic carbocycles. The van der Waals surface area contributed by atoms with Gasteiger partial charge in [0, 0.05) is 16.1 Å². The molecule has 0 saturated carbocycles. The Balaban J connectivity index is 1.70. The maximum absolute atomic E-state index is 12.7. The smallest absolute Gasteiger partial charge is 0.343 e. The summed E-state index contributed by atoms with van der Waals surface area (Å²) < 4.78 is 6.40. The Bertz CT molecular complexity index is 1200. The number of ether oxygens (including phenoxy) is 1. The van der Waals surface area contributed by atoms with E-state index in [9.17, 15) is 9.59 Å². The van der Waals surface area contributed by atoms with Crippen molar-refractivity contribution in [1.82, 2.24) is 4.98 Å². The van der Waals surface area contributed by atoms with Crippen LogP contribution in [0.2, 0.25) is 0 Å². The van der Waals surface area contributed by atoms with Crippen molar-refractivity contribution in [3.05, 3.63) is 101 Å². The van der Waals surface area contributed by atoms with Gasteiger partial charge in [-0.25, -0.2) is 4.79 Å². The number of anilines is 1. The molecule has 142 valence electrons. The summed E-state index contributed by atoms with van der Waals surface area (Å²) in [5, 5.41) is 4.35. The van der Waals surface area contributed by atoms with Gasteiger partial charge in [-0.2, -0.15) is 0 Å². The van der Waals surface area contributed by atoms with Crippen LogP contribution >= 0.6 is 15.9 Å². The Morgan fingerprint density at radius 1 is 0.897 bits per heavy atom. The maximum atomic E-state index is 12.7. The summed E-state index contributed by atoms with van der Waals surface area (Å²) in [5.74, 6) is -0.453. The first kappa shape index (κ1) is 18.8. The molecule has 1 amide bonds. The van der Waals surface area contributed by atoms with Gasteiger partial charge in [0.2, 0.25) is 0 Å². The number of fused-ring (bicyclic) bond motifs is 1. The minimum Gasteiger partial charge on any atom is -0.422 e. The van der Waals surface area contributed by atoms with Crippen molar-refractivity contribution in [2.75, 3.05) is 5.32 Å². The van der Waals surface area contributed by atoms with Crippen molar-refractivity contribution in [3.63, 3.8) is 0 Å². The molecule has 1 aromatic heterocycles. The van der Waals surface area contributed by atoms with E-state index >= 15 is 0 Å². The fourth-order valence-electron chi connectivity index (χ4n) is 2.94. The molecule has 0 atom stereocenters. The molecule has 0 fully saturated rings. The summed E-state index contributed by atoms with van der Waals surface area (Å²) in [5.41, 5.74) is 1.25. The number of carbonyl (C=O) groups is 2. The van der Waals surface area contributed by atoms with Crippen molar-refractivity contribution < 1.29 is 14.3 Å². The molecule has 0 spiro atoms. The van der Waals surface area contributed by atoms with Gasteiger partial charge < -0.3 is 10.1 Å². The van der Waals surface area contributed by atoms with E-state index < -0.39 is 5.97 Å². The molecule has 0 unspecified atom stereocenters. The number of pyridine rings is 1. The van der Waals surface area contributed by atoms with Gasteiger partial charge in [0.05, 0.1) is 11.3 Å². The minimum absolute atomic E-state index is 0.273. The molecule has 1 N–H and O–H groups in total. The average molecular weight is 447 g/mol. The van der Waals surface area contributed by atoms with E-state index in [-0.39, 0.29) is 11.6 Å². The SMILES string of the molecule is O=C(Oc1cccc2cccc(NC(=O)c3cc(Br)ccn3)c12)c1ccccc1. The summed E-state index contributed by atoms with van der Waals surface area (Å²) in [4.78, 5) is 29.3. The zero-order chi connectivity index (χ0) is 20.2. The van der Waals surface area contributed by atoms with Crippen molar-refractivity contribution in [2.24, 2.45) is 0 Å². The first-order valence-electron chi connectivity index (χ1n) is 8.84. The van der Waals surface area contributed by atoms with E-state index in [4.69, 9.17) is 4.74 Å². The van der Waals surface area contributed by atoms with Crippen LogP contribution in [-0.4, -0.2) is 16.9 Å².